The first-order valence-electron chi connectivity index (χ1n) is 8.35. The van der Waals surface area contributed by atoms with Gasteiger partial charge in [0.2, 0.25) is 0 Å². The van der Waals surface area contributed by atoms with Gasteiger partial charge in [-0.3, -0.25) is 4.90 Å². The predicted molar refractivity (Wildman–Crippen MR) is 86.6 cm³/mol. The first-order valence-corrected chi connectivity index (χ1v) is 8.35. The van der Waals surface area contributed by atoms with E-state index in [1.807, 2.05) is 12.1 Å². The molecule has 1 aromatic carbocycles. The van der Waals surface area contributed by atoms with E-state index < -0.39 is 0 Å². The van der Waals surface area contributed by atoms with Gasteiger partial charge in [0.05, 0.1) is 0 Å². The predicted octanol–water partition coefficient (Wildman–Crippen LogP) is 2.74. The SMILES string of the molecule is CC(Cc1ccc(O)cc1)N1CCC2C(CCCN2C)C1. The normalized spacial score (nSPS) is 29.0. The molecule has 0 radical (unpaired) electrons. The minimum absolute atomic E-state index is 0.359. The van der Waals surface area contributed by atoms with Crippen molar-refractivity contribution in [1.82, 2.24) is 9.80 Å². The fourth-order valence-corrected chi connectivity index (χ4v) is 4.18. The number of aromatic hydroxyl groups is 1. The lowest BCUT2D eigenvalue weighted by atomic mass is 9.83. The molecule has 3 unspecified atom stereocenters. The van der Waals surface area contributed by atoms with E-state index in [2.05, 4.69) is 23.8 Å². The van der Waals surface area contributed by atoms with Gasteiger partial charge in [0.15, 0.2) is 0 Å². The number of phenols is 1. The summed E-state index contributed by atoms with van der Waals surface area (Å²) in [4.78, 5) is 5.25. The number of nitrogens with zero attached hydrogens (tertiary/aromatic N) is 2. The molecule has 116 valence electrons. The Hall–Kier alpha value is -1.06. The van der Waals surface area contributed by atoms with Gasteiger partial charge in [-0.1, -0.05) is 12.1 Å². The van der Waals surface area contributed by atoms with Crippen molar-refractivity contribution in [2.24, 2.45) is 5.92 Å². The van der Waals surface area contributed by atoms with E-state index in [0.717, 1.165) is 18.4 Å². The molecular formula is C18H28N2O. The Balaban J connectivity index is 1.58. The molecule has 1 N–H and O–H groups in total. The summed E-state index contributed by atoms with van der Waals surface area (Å²) in [5.74, 6) is 1.22. The highest BCUT2D eigenvalue weighted by Crippen LogP contribution is 2.30. The van der Waals surface area contributed by atoms with Gasteiger partial charge in [-0.25, -0.2) is 0 Å². The van der Waals surface area contributed by atoms with Crippen LogP contribution in [0.25, 0.3) is 0 Å². The van der Waals surface area contributed by atoms with Crippen molar-refractivity contribution in [2.75, 3.05) is 26.7 Å². The summed E-state index contributed by atoms with van der Waals surface area (Å²) in [5, 5.41) is 9.38. The number of piperidine rings is 2. The highest BCUT2D eigenvalue weighted by atomic mass is 16.3. The maximum atomic E-state index is 9.38. The van der Waals surface area contributed by atoms with E-state index in [9.17, 15) is 5.11 Å². The van der Waals surface area contributed by atoms with Crippen LogP contribution in [0.1, 0.15) is 31.7 Å². The van der Waals surface area contributed by atoms with Crippen molar-refractivity contribution in [3.63, 3.8) is 0 Å². The van der Waals surface area contributed by atoms with Crippen molar-refractivity contribution in [3.8, 4) is 5.75 Å². The quantitative estimate of drug-likeness (QED) is 0.926. The molecule has 0 bridgehead atoms. The van der Waals surface area contributed by atoms with E-state index in [1.54, 1.807) is 12.1 Å². The zero-order valence-corrected chi connectivity index (χ0v) is 13.3. The molecule has 3 rings (SSSR count). The average Bonchev–Trinajstić information content (AvgIpc) is 2.49. The van der Waals surface area contributed by atoms with E-state index in [0.29, 0.717) is 11.8 Å². The third-order valence-corrected chi connectivity index (χ3v) is 5.47. The van der Waals surface area contributed by atoms with Gasteiger partial charge in [0.25, 0.3) is 0 Å². The van der Waals surface area contributed by atoms with Crippen LogP contribution < -0.4 is 0 Å². The maximum absolute atomic E-state index is 9.38. The molecule has 0 saturated carbocycles. The zero-order valence-electron chi connectivity index (χ0n) is 13.3. The van der Waals surface area contributed by atoms with Crippen LogP contribution in [-0.4, -0.2) is 53.7 Å². The molecule has 3 heteroatoms. The van der Waals surface area contributed by atoms with E-state index >= 15 is 0 Å². The minimum atomic E-state index is 0.359. The molecule has 2 heterocycles. The lowest BCUT2D eigenvalue weighted by Crippen LogP contribution is -2.54. The van der Waals surface area contributed by atoms with Gasteiger partial charge in [0, 0.05) is 18.6 Å². The van der Waals surface area contributed by atoms with Crippen molar-refractivity contribution in [3.05, 3.63) is 29.8 Å². The largest absolute Gasteiger partial charge is 0.508 e. The zero-order chi connectivity index (χ0) is 14.8. The summed E-state index contributed by atoms with van der Waals surface area (Å²) in [7, 11) is 2.30. The number of phenolic OH excluding ortho intramolecular Hbond substituents is 1. The van der Waals surface area contributed by atoms with Crippen molar-refractivity contribution in [2.45, 2.75) is 44.7 Å². The third-order valence-electron chi connectivity index (χ3n) is 5.47. The van der Waals surface area contributed by atoms with Gasteiger partial charge in [0.1, 0.15) is 5.75 Å². The fraction of sp³-hybridized carbons (Fsp3) is 0.667. The van der Waals surface area contributed by atoms with Crippen LogP contribution in [0.15, 0.2) is 24.3 Å². The summed E-state index contributed by atoms with van der Waals surface area (Å²) in [5.41, 5.74) is 1.32. The molecule has 3 atom stereocenters. The first-order chi connectivity index (χ1) is 10.1. The van der Waals surface area contributed by atoms with Gasteiger partial charge in [-0.15, -0.1) is 0 Å². The number of hydrogen-bond donors (Lipinski definition) is 1. The Kier molecular flexibility index (Phi) is 4.51. The fourth-order valence-electron chi connectivity index (χ4n) is 4.18. The van der Waals surface area contributed by atoms with Crippen LogP contribution in [-0.2, 0) is 6.42 Å². The second-order valence-electron chi connectivity index (χ2n) is 6.95. The Labute approximate surface area is 128 Å². The Morgan fingerprint density at radius 2 is 1.95 bits per heavy atom. The number of likely N-dealkylation sites (tertiary alicyclic amines) is 2. The van der Waals surface area contributed by atoms with E-state index in [1.165, 1.54) is 44.5 Å². The topological polar surface area (TPSA) is 26.7 Å². The van der Waals surface area contributed by atoms with Gasteiger partial charge < -0.3 is 10.0 Å². The highest BCUT2D eigenvalue weighted by molar-refractivity contribution is 5.26. The minimum Gasteiger partial charge on any atom is -0.508 e. The summed E-state index contributed by atoms with van der Waals surface area (Å²) in [6.45, 7) is 6.11. The summed E-state index contributed by atoms with van der Waals surface area (Å²) >= 11 is 0. The van der Waals surface area contributed by atoms with Crippen LogP contribution in [0.5, 0.6) is 5.75 Å². The Bertz CT molecular complexity index is 459. The van der Waals surface area contributed by atoms with Crippen molar-refractivity contribution in [1.29, 1.82) is 0 Å². The molecule has 2 fully saturated rings. The van der Waals surface area contributed by atoms with Crippen molar-refractivity contribution < 1.29 is 5.11 Å². The summed E-state index contributed by atoms with van der Waals surface area (Å²) < 4.78 is 0. The van der Waals surface area contributed by atoms with Gasteiger partial charge in [-0.2, -0.15) is 0 Å². The van der Waals surface area contributed by atoms with Crippen LogP contribution in [0.2, 0.25) is 0 Å². The maximum Gasteiger partial charge on any atom is 0.115 e. The molecule has 2 aliphatic rings. The van der Waals surface area contributed by atoms with Gasteiger partial charge >= 0.3 is 0 Å². The van der Waals surface area contributed by atoms with Crippen LogP contribution in [0, 0.1) is 5.92 Å². The van der Waals surface area contributed by atoms with Crippen LogP contribution >= 0.6 is 0 Å². The molecule has 2 saturated heterocycles. The third kappa shape index (κ3) is 3.41. The smallest absolute Gasteiger partial charge is 0.115 e. The summed E-state index contributed by atoms with van der Waals surface area (Å²) in [6.07, 6.45) is 5.16. The average molecular weight is 288 g/mol. The molecule has 1 aromatic rings. The van der Waals surface area contributed by atoms with Crippen LogP contribution in [0.4, 0.5) is 0 Å². The van der Waals surface area contributed by atoms with E-state index in [4.69, 9.17) is 0 Å². The number of hydrogen-bond acceptors (Lipinski definition) is 3. The monoisotopic (exact) mass is 288 g/mol. The van der Waals surface area contributed by atoms with Crippen molar-refractivity contribution >= 4 is 0 Å². The first kappa shape index (κ1) is 14.9. The number of fused-ring (bicyclic) bond motifs is 1. The molecule has 3 nitrogen and oxygen atoms in total. The molecule has 21 heavy (non-hydrogen) atoms. The Morgan fingerprint density at radius 3 is 2.71 bits per heavy atom. The number of benzene rings is 1. The van der Waals surface area contributed by atoms with Gasteiger partial charge in [-0.05, 0) is 76.4 Å². The highest BCUT2D eigenvalue weighted by Gasteiger charge is 2.35. The Morgan fingerprint density at radius 1 is 1.19 bits per heavy atom. The molecular weight excluding hydrogens is 260 g/mol. The second-order valence-corrected chi connectivity index (χ2v) is 6.95. The summed E-state index contributed by atoms with van der Waals surface area (Å²) in [6, 6.07) is 9.09. The molecule has 0 aromatic heterocycles. The number of rotatable bonds is 3. The lowest BCUT2D eigenvalue weighted by molar-refractivity contribution is 0.0233. The standard InChI is InChI=1S/C18H28N2O/c1-14(12-15-5-7-17(21)8-6-15)20-11-9-18-16(13-20)4-3-10-19(18)2/h5-8,14,16,18,21H,3-4,9-13H2,1-2H3. The van der Waals surface area contributed by atoms with E-state index in [-0.39, 0.29) is 0 Å². The second kappa shape index (κ2) is 6.37. The molecule has 2 aliphatic heterocycles. The molecule has 0 amide bonds. The van der Waals surface area contributed by atoms with Crippen LogP contribution in [0.3, 0.4) is 0 Å². The lowest BCUT2D eigenvalue weighted by Gasteiger charge is -2.47. The molecule has 0 spiro atoms. The molecule has 0 aliphatic carbocycles.